The van der Waals surface area contributed by atoms with E-state index in [4.69, 9.17) is 23.2 Å². The lowest BCUT2D eigenvalue weighted by Gasteiger charge is -2.25. The highest BCUT2D eigenvalue weighted by molar-refractivity contribution is 7.19. The van der Waals surface area contributed by atoms with Crippen LogP contribution in [-0.4, -0.2) is 42.1 Å². The molecule has 8 heteroatoms. The molecule has 2 aromatic rings. The lowest BCUT2D eigenvalue weighted by Crippen LogP contribution is -2.40. The highest BCUT2D eigenvalue weighted by atomic mass is 35.5. The molecule has 2 aliphatic heterocycles. The van der Waals surface area contributed by atoms with Gasteiger partial charge >= 0.3 is 6.03 Å². The first kappa shape index (κ1) is 17.1. The van der Waals surface area contributed by atoms with Gasteiger partial charge in [-0.3, -0.25) is 10.2 Å². The summed E-state index contributed by atoms with van der Waals surface area (Å²) in [7, 11) is 0. The van der Waals surface area contributed by atoms with Crippen molar-refractivity contribution in [1.82, 2.24) is 9.88 Å². The quantitative estimate of drug-likeness (QED) is 0.814. The van der Waals surface area contributed by atoms with E-state index >= 15 is 0 Å². The molecule has 1 unspecified atom stereocenters. The van der Waals surface area contributed by atoms with E-state index < -0.39 is 0 Å². The van der Waals surface area contributed by atoms with Gasteiger partial charge in [0.1, 0.15) is 4.34 Å². The van der Waals surface area contributed by atoms with Crippen molar-refractivity contribution in [3.8, 4) is 0 Å². The van der Waals surface area contributed by atoms with Gasteiger partial charge in [-0.15, -0.1) is 0 Å². The number of carbonyl (C=O) groups excluding carboxylic acids is 1. The number of rotatable bonds is 2. The number of urea groups is 1. The van der Waals surface area contributed by atoms with Crippen molar-refractivity contribution >= 4 is 51.4 Å². The third-order valence-electron chi connectivity index (χ3n) is 5.10. The number of likely N-dealkylation sites (N-methyl/N-ethyl adjacent to an activating group) is 1. The van der Waals surface area contributed by atoms with Crippen LogP contribution in [-0.2, 0) is 5.41 Å². The molecule has 3 heterocycles. The number of nitrogens with zero attached hydrogens (tertiary/aromatic N) is 3. The lowest BCUT2D eigenvalue weighted by molar-refractivity contribution is 0.255. The molecule has 1 atom stereocenters. The molecule has 25 heavy (non-hydrogen) atoms. The first-order valence-corrected chi connectivity index (χ1v) is 9.80. The van der Waals surface area contributed by atoms with Gasteiger partial charge in [0.05, 0.1) is 6.20 Å². The van der Waals surface area contributed by atoms with Gasteiger partial charge < -0.3 is 4.90 Å². The van der Waals surface area contributed by atoms with Crippen LogP contribution in [0.2, 0.25) is 9.36 Å². The van der Waals surface area contributed by atoms with Gasteiger partial charge in [-0.25, -0.2) is 9.78 Å². The number of likely N-dealkylation sites (tertiary alicyclic amines) is 1. The number of aromatic nitrogens is 1. The molecule has 0 aliphatic carbocycles. The molecule has 0 radical (unpaired) electrons. The Labute approximate surface area is 160 Å². The Hall–Kier alpha value is -1.34. The first-order valence-electron chi connectivity index (χ1n) is 8.23. The van der Waals surface area contributed by atoms with Crippen molar-refractivity contribution in [2.45, 2.75) is 18.8 Å². The molecular formula is C17H18Cl2N4OS. The third-order valence-corrected chi connectivity index (χ3v) is 6.36. The SMILES string of the molecule is CCN1CCC2(C1)CN(C(=O)Nc1ncc(Cl)s1)c1ccc(Cl)cc12. The summed E-state index contributed by atoms with van der Waals surface area (Å²) in [6, 6.07) is 5.62. The smallest absolute Gasteiger partial charge is 0.303 e. The number of hydrogen-bond acceptors (Lipinski definition) is 4. The predicted octanol–water partition coefficient (Wildman–Crippen LogP) is 4.47. The zero-order chi connectivity index (χ0) is 17.6. The molecular weight excluding hydrogens is 379 g/mol. The van der Waals surface area contributed by atoms with Crippen LogP contribution in [0.1, 0.15) is 18.9 Å². The molecule has 2 aliphatic rings. The van der Waals surface area contributed by atoms with Crippen LogP contribution >= 0.6 is 34.5 Å². The van der Waals surface area contributed by atoms with Crippen molar-refractivity contribution in [3.63, 3.8) is 0 Å². The fourth-order valence-electron chi connectivity index (χ4n) is 3.87. The predicted molar refractivity (Wildman–Crippen MR) is 103 cm³/mol. The molecule has 2 amide bonds. The highest BCUT2D eigenvalue weighted by Crippen LogP contribution is 2.47. The number of nitrogens with one attached hydrogen (secondary N) is 1. The van der Waals surface area contributed by atoms with Gasteiger partial charge in [-0.2, -0.15) is 0 Å². The number of halogens is 2. The summed E-state index contributed by atoms with van der Waals surface area (Å²) in [5.74, 6) is 0. The molecule has 132 valence electrons. The van der Waals surface area contributed by atoms with E-state index in [1.807, 2.05) is 18.2 Å². The molecule has 5 nitrogen and oxygen atoms in total. The van der Waals surface area contributed by atoms with Crippen molar-refractivity contribution in [2.75, 3.05) is 36.4 Å². The average molecular weight is 397 g/mol. The number of thiazole rings is 1. The Bertz CT molecular complexity index is 827. The van der Waals surface area contributed by atoms with Gasteiger partial charge in [0.25, 0.3) is 0 Å². The Morgan fingerprint density at radius 3 is 2.92 bits per heavy atom. The zero-order valence-corrected chi connectivity index (χ0v) is 16.1. The molecule has 0 bridgehead atoms. The highest BCUT2D eigenvalue weighted by Gasteiger charge is 2.48. The Morgan fingerprint density at radius 2 is 2.24 bits per heavy atom. The molecule has 1 saturated heterocycles. The summed E-state index contributed by atoms with van der Waals surface area (Å²) in [5.41, 5.74) is 2.06. The van der Waals surface area contributed by atoms with Crippen molar-refractivity contribution < 1.29 is 4.79 Å². The second-order valence-corrected chi connectivity index (χ2v) is 8.64. The zero-order valence-electron chi connectivity index (χ0n) is 13.8. The van der Waals surface area contributed by atoms with E-state index in [9.17, 15) is 4.79 Å². The van der Waals surface area contributed by atoms with E-state index in [2.05, 4.69) is 22.1 Å². The van der Waals surface area contributed by atoms with Crippen LogP contribution in [0.5, 0.6) is 0 Å². The van der Waals surface area contributed by atoms with Crippen LogP contribution in [0.15, 0.2) is 24.4 Å². The minimum atomic E-state index is -0.179. The monoisotopic (exact) mass is 396 g/mol. The van der Waals surface area contributed by atoms with Crippen LogP contribution in [0.25, 0.3) is 0 Å². The van der Waals surface area contributed by atoms with E-state index in [-0.39, 0.29) is 11.4 Å². The van der Waals surface area contributed by atoms with Crippen molar-refractivity contribution in [2.24, 2.45) is 0 Å². The van der Waals surface area contributed by atoms with Crippen LogP contribution < -0.4 is 10.2 Å². The van der Waals surface area contributed by atoms with Crippen LogP contribution in [0.3, 0.4) is 0 Å². The van der Waals surface area contributed by atoms with E-state index in [0.717, 1.165) is 31.7 Å². The first-order chi connectivity index (χ1) is 12.0. The summed E-state index contributed by atoms with van der Waals surface area (Å²) in [4.78, 5) is 21.2. The molecule has 1 N–H and O–H groups in total. The Balaban J connectivity index is 1.65. The summed E-state index contributed by atoms with van der Waals surface area (Å²) in [6.07, 6.45) is 2.57. The minimum absolute atomic E-state index is 0.0475. The molecule has 1 spiro atoms. The van der Waals surface area contributed by atoms with Crippen molar-refractivity contribution in [3.05, 3.63) is 39.3 Å². The van der Waals surface area contributed by atoms with Gasteiger partial charge in [0.15, 0.2) is 5.13 Å². The fraction of sp³-hybridized carbons (Fsp3) is 0.412. The van der Waals surface area contributed by atoms with Crippen LogP contribution in [0.4, 0.5) is 15.6 Å². The van der Waals surface area contributed by atoms with Gasteiger partial charge in [-0.05, 0) is 43.3 Å². The van der Waals surface area contributed by atoms with E-state index in [1.54, 1.807) is 4.90 Å². The maximum Gasteiger partial charge on any atom is 0.328 e. The molecule has 0 saturated carbocycles. The standard InChI is InChI=1S/C17H18Cl2N4OS/c1-2-22-6-5-17(9-22)10-23(13-4-3-11(18)7-12(13)17)16(24)21-15-20-8-14(19)25-15/h3-4,7-8H,2,5-6,9-10H2,1H3,(H,20,21,24). The largest absolute Gasteiger partial charge is 0.328 e. The number of hydrogen-bond donors (Lipinski definition) is 1. The topological polar surface area (TPSA) is 48.5 Å². The Morgan fingerprint density at radius 1 is 1.40 bits per heavy atom. The average Bonchev–Trinajstić information content (AvgIpc) is 3.27. The second kappa shape index (κ2) is 6.43. The van der Waals surface area contributed by atoms with Gasteiger partial charge in [-0.1, -0.05) is 41.5 Å². The number of benzene rings is 1. The number of carbonyl (C=O) groups is 1. The number of amides is 2. The number of fused-ring (bicyclic) bond motifs is 2. The summed E-state index contributed by atoms with van der Waals surface area (Å²) in [6.45, 7) is 5.83. The maximum atomic E-state index is 12.9. The maximum absolute atomic E-state index is 12.9. The summed E-state index contributed by atoms with van der Waals surface area (Å²) >= 11 is 13.4. The van der Waals surface area contributed by atoms with Crippen LogP contribution in [0, 0.1) is 0 Å². The fourth-order valence-corrected chi connectivity index (χ4v) is 4.84. The van der Waals surface area contributed by atoms with Crippen molar-refractivity contribution in [1.29, 1.82) is 0 Å². The molecule has 1 aromatic heterocycles. The van der Waals surface area contributed by atoms with Gasteiger partial charge in [0.2, 0.25) is 0 Å². The van der Waals surface area contributed by atoms with E-state index in [0.29, 0.717) is 21.0 Å². The summed E-state index contributed by atoms with van der Waals surface area (Å²) in [5, 5.41) is 4.07. The normalized spacial score (nSPS) is 22.6. The number of anilines is 2. The molecule has 1 aromatic carbocycles. The van der Waals surface area contributed by atoms with E-state index in [1.165, 1.54) is 23.1 Å². The minimum Gasteiger partial charge on any atom is -0.303 e. The second-order valence-electron chi connectivity index (χ2n) is 6.55. The lowest BCUT2D eigenvalue weighted by atomic mass is 9.81. The van der Waals surface area contributed by atoms with Gasteiger partial charge in [0, 0.05) is 29.2 Å². The molecule has 4 rings (SSSR count). The Kier molecular flexibility index (Phi) is 4.40. The third kappa shape index (κ3) is 3.01. The molecule has 1 fully saturated rings. The summed E-state index contributed by atoms with van der Waals surface area (Å²) < 4.78 is 0.551.